The minimum Gasteiger partial charge on any atom is -0.308 e. The van der Waals surface area contributed by atoms with Gasteiger partial charge in [0.25, 0.3) is 0 Å². The molecule has 22 aromatic carbocycles. The van der Waals surface area contributed by atoms with Crippen molar-refractivity contribution in [3.8, 4) is 175 Å². The average molecular weight is 1820 g/mol. The Morgan fingerprint density at radius 3 is 0.804 bits per heavy atom. The third-order valence-electron chi connectivity index (χ3n) is 28.9. The molecule has 31 rings (SSSR count). The topological polar surface area (TPSA) is 131 Å². The van der Waals surface area contributed by atoms with E-state index in [1.807, 2.05) is 78.9 Å². The van der Waals surface area contributed by atoms with E-state index in [-0.39, 0.29) is 0 Å². The summed E-state index contributed by atoms with van der Waals surface area (Å²) in [7, 11) is 0. The highest BCUT2D eigenvalue weighted by atomic mass is 15.2. The molecule has 0 spiro atoms. The molecule has 0 saturated carbocycles. The lowest BCUT2D eigenvalue weighted by atomic mass is 9.93. The largest absolute Gasteiger partial charge is 0.308 e. The van der Waals surface area contributed by atoms with Crippen LogP contribution in [0.2, 0.25) is 0 Å². The van der Waals surface area contributed by atoms with Crippen LogP contribution in [-0.4, -0.2) is 58.6 Å². The van der Waals surface area contributed by atoms with Crippen molar-refractivity contribution in [2.24, 2.45) is 0 Å². The van der Waals surface area contributed by atoms with E-state index >= 15 is 0 Å². The fourth-order valence-corrected chi connectivity index (χ4v) is 22.7. The molecule has 3 aliphatic rings. The molecule has 0 radical (unpaired) electrons. The zero-order valence-electron chi connectivity index (χ0n) is 76.9. The smallest absolute Gasteiger partial charge is 0.238 e. The Hall–Kier alpha value is -19.4. The van der Waals surface area contributed by atoms with E-state index in [9.17, 15) is 0 Å². The van der Waals surface area contributed by atoms with Gasteiger partial charge >= 0.3 is 0 Å². The van der Waals surface area contributed by atoms with Gasteiger partial charge in [-0.2, -0.15) is 19.9 Å². The molecule has 6 aromatic heterocycles. The van der Waals surface area contributed by atoms with Gasteiger partial charge in [0.05, 0.1) is 38.8 Å². The van der Waals surface area contributed by atoms with Crippen LogP contribution in [0, 0.1) is 0 Å². The summed E-state index contributed by atoms with van der Waals surface area (Å²) in [4.78, 5) is 46.5. The number of aromatic nitrogens is 12. The molecule has 12 heteroatoms. The van der Waals surface area contributed by atoms with Crippen LogP contribution in [0.15, 0.2) is 473 Å². The van der Waals surface area contributed by atoms with Crippen molar-refractivity contribution in [1.82, 2.24) is 58.6 Å². The molecule has 28 aromatic rings. The van der Waals surface area contributed by atoms with E-state index in [4.69, 9.17) is 44.9 Å². The lowest BCUT2D eigenvalue weighted by Crippen LogP contribution is -2.06. The minimum absolute atomic E-state index is 0.599. The summed E-state index contributed by atoms with van der Waals surface area (Å²) >= 11 is 0. The predicted octanol–water partition coefficient (Wildman–Crippen LogP) is 33.0. The lowest BCUT2D eigenvalue weighted by molar-refractivity contribution is 0.953. The zero-order chi connectivity index (χ0) is 93.8. The van der Waals surface area contributed by atoms with Crippen LogP contribution in [0.25, 0.3) is 294 Å². The van der Waals surface area contributed by atoms with Crippen molar-refractivity contribution >= 4 is 119 Å². The Balaban J connectivity index is 0.000000102. The molecule has 12 nitrogen and oxygen atoms in total. The minimum atomic E-state index is 0.599. The number of rotatable bonds is 11. The van der Waals surface area contributed by atoms with E-state index in [0.29, 0.717) is 52.7 Å². The number of fused-ring (bicyclic) bond motifs is 11. The van der Waals surface area contributed by atoms with E-state index in [1.165, 1.54) is 131 Å². The first-order valence-corrected chi connectivity index (χ1v) is 48.4. The van der Waals surface area contributed by atoms with E-state index < -0.39 is 0 Å². The average Bonchev–Trinajstić information content (AvgIpc) is 1.54. The maximum absolute atomic E-state index is 5.26. The summed E-state index contributed by atoms with van der Waals surface area (Å²) in [6.45, 7) is 0. The monoisotopic (exact) mass is 1820 g/mol. The van der Waals surface area contributed by atoms with Gasteiger partial charge in [-0.05, 0) is 186 Å². The molecule has 662 valence electrons. The van der Waals surface area contributed by atoms with Gasteiger partial charge in [-0.3, -0.25) is 9.13 Å². The Bertz CT molecular complexity index is 10100. The standard InChI is InChI=1S/C47H28N4.C43H26N4.C41H24N4/c1-3-13-30(14-4-1)45-48-46(31-15-5-2-6-16-31)50-47(49-45)38-27-32-17-7-8-18-33(32)28-41(38)51-39-24-12-23-37-35-21-10-9-20-34(35)36-22-11-19-29-25-26-40(51)44(42(29)36)43(37)39;1-3-12-27(13-4-1)30-17-9-18-31(26-30)42-44-41(29-14-5-2-6-15-29)45-43(46-42)47-36-23-11-22-35-33-20-8-7-19-32(33)34-21-10-16-28-24-25-37(47)40(38(28)34)39(35)36;1-2-12-27(13-3-1)39-42-40(33-21-8-14-25-11-4-5-16-28(25)33)44-41(43-39)45-34-22-10-20-32-30-18-7-6-17-29(30)31-19-9-15-26-23-24-35(45)38(36(26)31)37(32)34/h1-28H;1-26H;1-24H. The van der Waals surface area contributed by atoms with Crippen molar-refractivity contribution in [3.63, 3.8) is 0 Å². The Labute approximate surface area is 820 Å². The van der Waals surface area contributed by atoms with Gasteiger partial charge in [-0.15, -0.1) is 0 Å². The van der Waals surface area contributed by atoms with Crippen molar-refractivity contribution in [1.29, 1.82) is 0 Å². The second-order valence-electron chi connectivity index (χ2n) is 36.9. The van der Waals surface area contributed by atoms with Crippen molar-refractivity contribution in [2.75, 3.05) is 0 Å². The molecule has 0 saturated heterocycles. The van der Waals surface area contributed by atoms with Gasteiger partial charge in [0.1, 0.15) is 0 Å². The molecular weight excluding hydrogens is 1740 g/mol. The van der Waals surface area contributed by atoms with Crippen LogP contribution in [-0.2, 0) is 0 Å². The quantitative estimate of drug-likeness (QED) is 0.124. The SMILES string of the molecule is c1ccc(-c2cccc(-c3nc(-c4ccccc4)nc(-n4c5cccc6c5c5c7c(cccc7ccc54)-c4ccccc4-6)n3)c2)cc1.c1ccc(-c2nc(-c3cccc4ccccc34)nc(-n3c4cccc5c4c4c6c(cccc6ccc43)-c3ccccc3-5)n2)cc1.c1ccc(-c2nc(-c3ccccc3)nc(-c3cc4ccccc4cc3-n3c4cccc5c4c4c6c(cccc6ccc43)-c3ccccc3-5)n2)cc1. The maximum atomic E-state index is 5.26. The molecule has 0 atom stereocenters. The summed E-state index contributed by atoms with van der Waals surface area (Å²) in [6, 6.07) is 167. The molecule has 0 aliphatic heterocycles. The molecular formula is C131H78N12. The summed E-state index contributed by atoms with van der Waals surface area (Å²) in [5.74, 6) is 5.70. The van der Waals surface area contributed by atoms with Crippen LogP contribution in [0.5, 0.6) is 0 Å². The molecule has 0 unspecified atom stereocenters. The molecule has 0 bridgehead atoms. The fourth-order valence-electron chi connectivity index (χ4n) is 22.7. The second-order valence-corrected chi connectivity index (χ2v) is 36.9. The molecule has 0 N–H and O–H groups in total. The summed E-state index contributed by atoms with van der Waals surface area (Å²) in [6.07, 6.45) is 0. The number of benzene rings is 22. The maximum Gasteiger partial charge on any atom is 0.238 e. The van der Waals surface area contributed by atoms with Gasteiger partial charge in [0, 0.05) is 71.3 Å². The first kappa shape index (κ1) is 80.8. The van der Waals surface area contributed by atoms with Crippen molar-refractivity contribution in [3.05, 3.63) is 473 Å². The van der Waals surface area contributed by atoms with Gasteiger partial charge in [-0.1, -0.05) is 419 Å². The summed E-state index contributed by atoms with van der Waals surface area (Å²) < 4.78 is 6.91. The summed E-state index contributed by atoms with van der Waals surface area (Å²) in [5.41, 5.74) is 31.5. The van der Waals surface area contributed by atoms with Gasteiger partial charge < -0.3 is 4.57 Å². The fraction of sp³-hybridized carbons (Fsp3) is 0. The van der Waals surface area contributed by atoms with E-state index in [2.05, 4.69) is 408 Å². The second kappa shape index (κ2) is 32.6. The van der Waals surface area contributed by atoms with Gasteiger partial charge in [0.15, 0.2) is 40.8 Å². The zero-order valence-corrected chi connectivity index (χ0v) is 76.9. The molecule has 3 aliphatic carbocycles. The third-order valence-corrected chi connectivity index (χ3v) is 28.9. The highest BCUT2D eigenvalue weighted by Crippen LogP contribution is 2.55. The van der Waals surface area contributed by atoms with Crippen molar-refractivity contribution < 1.29 is 0 Å². The third kappa shape index (κ3) is 13.0. The van der Waals surface area contributed by atoms with Crippen LogP contribution in [0.3, 0.4) is 0 Å². The highest BCUT2D eigenvalue weighted by molar-refractivity contribution is 6.34. The number of nitrogens with zero attached hydrogens (tertiary/aromatic N) is 12. The van der Waals surface area contributed by atoms with E-state index in [0.717, 1.165) is 110 Å². The molecule has 6 heterocycles. The van der Waals surface area contributed by atoms with Crippen LogP contribution >= 0.6 is 0 Å². The normalized spacial score (nSPS) is 11.9. The first-order chi connectivity index (χ1) is 70.9. The molecule has 0 amide bonds. The van der Waals surface area contributed by atoms with Crippen LogP contribution in [0.4, 0.5) is 0 Å². The van der Waals surface area contributed by atoms with Crippen LogP contribution in [0.1, 0.15) is 0 Å². The number of hydrogen-bond donors (Lipinski definition) is 0. The summed E-state index contributed by atoms with van der Waals surface area (Å²) in [5, 5.41) is 19.5. The van der Waals surface area contributed by atoms with Gasteiger partial charge in [0.2, 0.25) is 11.9 Å². The first-order valence-electron chi connectivity index (χ1n) is 48.4. The number of hydrogen-bond acceptors (Lipinski definition) is 9. The Kier molecular flexibility index (Phi) is 18.4. The molecule has 143 heavy (non-hydrogen) atoms. The predicted molar refractivity (Wildman–Crippen MR) is 587 cm³/mol. The Morgan fingerprint density at radius 2 is 0.385 bits per heavy atom. The lowest BCUT2D eigenvalue weighted by Gasteiger charge is -2.17. The molecule has 0 fully saturated rings. The van der Waals surface area contributed by atoms with E-state index in [1.54, 1.807) is 0 Å². The Morgan fingerprint density at radius 1 is 0.126 bits per heavy atom. The van der Waals surface area contributed by atoms with Crippen molar-refractivity contribution in [2.45, 2.75) is 0 Å². The highest BCUT2D eigenvalue weighted by Gasteiger charge is 2.32. The van der Waals surface area contributed by atoms with Crippen LogP contribution < -0.4 is 0 Å². The van der Waals surface area contributed by atoms with Gasteiger partial charge in [-0.25, -0.2) is 24.9 Å².